The van der Waals surface area contributed by atoms with Gasteiger partial charge in [0.25, 0.3) is 0 Å². The minimum atomic E-state index is -0.763. The van der Waals surface area contributed by atoms with E-state index in [1.165, 1.54) is 9.75 Å². The first-order valence-corrected chi connectivity index (χ1v) is 7.66. The number of rotatable bonds is 3. The van der Waals surface area contributed by atoms with Crippen LogP contribution in [0.5, 0.6) is 0 Å². The van der Waals surface area contributed by atoms with Crippen LogP contribution in [0.1, 0.15) is 22.1 Å². The predicted molar refractivity (Wildman–Crippen MR) is 71.2 cm³/mol. The third kappa shape index (κ3) is 2.45. The van der Waals surface area contributed by atoms with E-state index < -0.39 is 12.0 Å². The molecule has 3 nitrogen and oxygen atoms in total. The van der Waals surface area contributed by atoms with Crippen molar-refractivity contribution >= 4 is 45.0 Å². The van der Waals surface area contributed by atoms with Gasteiger partial charge in [-0.2, -0.15) is 0 Å². The second-order valence-corrected chi connectivity index (χ2v) is 6.71. The summed E-state index contributed by atoms with van der Waals surface area (Å²) in [7, 11) is 0. The van der Waals surface area contributed by atoms with Gasteiger partial charge in [0.2, 0.25) is 0 Å². The zero-order chi connectivity index (χ0) is 11.7. The maximum absolute atomic E-state index is 10.8. The molecule has 6 heteroatoms. The summed E-state index contributed by atoms with van der Waals surface area (Å²) in [5.41, 5.74) is 0. The highest BCUT2D eigenvalue weighted by Gasteiger charge is 2.31. The largest absolute Gasteiger partial charge is 0.480 e. The summed E-state index contributed by atoms with van der Waals surface area (Å²) >= 11 is 6.93. The molecule has 0 radical (unpaired) electrons. The Morgan fingerprint density at radius 1 is 1.75 bits per heavy atom. The van der Waals surface area contributed by atoms with E-state index in [9.17, 15) is 4.79 Å². The molecule has 1 aromatic rings. The minimum absolute atomic E-state index is 0.127. The summed E-state index contributed by atoms with van der Waals surface area (Å²) in [5, 5.41) is 12.2. The fourth-order valence-electron chi connectivity index (χ4n) is 1.57. The molecule has 16 heavy (non-hydrogen) atoms. The van der Waals surface area contributed by atoms with Crippen molar-refractivity contribution in [1.29, 1.82) is 0 Å². The summed E-state index contributed by atoms with van der Waals surface area (Å²) in [6.45, 7) is 2.12. The van der Waals surface area contributed by atoms with Crippen LogP contribution < -0.4 is 5.32 Å². The highest BCUT2D eigenvalue weighted by atomic mass is 79.9. The standard InChI is InChI=1S/C10H12BrNO2S2/c1-2-7-5(11)3-8(16-7)9-12-6(4-15-9)10(13)14/h3,6,9,12H,2,4H2,1H3,(H,13,14)/t6-,9+/m1/s1. The normalized spacial score (nSPS) is 24.9. The second-order valence-electron chi connectivity index (χ2n) is 3.54. The molecule has 1 saturated heterocycles. The first-order chi connectivity index (χ1) is 7.61. The molecule has 88 valence electrons. The number of carboxylic acids is 1. The Kier molecular flexibility index (Phi) is 3.94. The van der Waals surface area contributed by atoms with E-state index in [-0.39, 0.29) is 5.37 Å². The molecular formula is C10H12BrNO2S2. The average Bonchev–Trinajstić information content (AvgIpc) is 2.83. The zero-order valence-corrected chi connectivity index (χ0v) is 11.9. The second kappa shape index (κ2) is 5.08. The number of hydrogen-bond acceptors (Lipinski definition) is 4. The van der Waals surface area contributed by atoms with E-state index in [0.717, 1.165) is 10.9 Å². The van der Waals surface area contributed by atoms with Crippen molar-refractivity contribution in [3.05, 3.63) is 20.3 Å². The Morgan fingerprint density at radius 3 is 3.00 bits per heavy atom. The number of carbonyl (C=O) groups is 1. The van der Waals surface area contributed by atoms with Gasteiger partial charge in [-0.05, 0) is 28.4 Å². The van der Waals surface area contributed by atoms with Gasteiger partial charge in [0.05, 0.1) is 5.37 Å². The molecule has 1 aliphatic heterocycles. The molecule has 2 atom stereocenters. The topological polar surface area (TPSA) is 49.3 Å². The Labute approximate surface area is 111 Å². The third-order valence-electron chi connectivity index (χ3n) is 2.44. The molecule has 2 heterocycles. The monoisotopic (exact) mass is 321 g/mol. The Hall–Kier alpha value is -0.0400. The third-order valence-corrected chi connectivity index (χ3v) is 6.15. The SMILES string of the molecule is CCc1sc([C@H]2N[C@@H](C(=O)O)CS2)cc1Br. The van der Waals surface area contributed by atoms with Crippen molar-refractivity contribution in [1.82, 2.24) is 5.32 Å². The maximum Gasteiger partial charge on any atom is 0.321 e. The molecule has 0 saturated carbocycles. The van der Waals surface area contributed by atoms with E-state index in [2.05, 4.69) is 34.2 Å². The fourth-order valence-corrected chi connectivity index (χ4v) is 4.90. The van der Waals surface area contributed by atoms with Crippen LogP contribution in [-0.2, 0) is 11.2 Å². The first kappa shape index (κ1) is 12.4. The number of nitrogens with one attached hydrogen (secondary N) is 1. The quantitative estimate of drug-likeness (QED) is 0.898. The molecule has 2 N–H and O–H groups in total. The van der Waals surface area contributed by atoms with Gasteiger partial charge in [0.15, 0.2) is 0 Å². The number of thioether (sulfide) groups is 1. The molecule has 0 amide bonds. The number of aryl methyl sites for hydroxylation is 1. The van der Waals surface area contributed by atoms with Crippen molar-refractivity contribution in [2.45, 2.75) is 24.8 Å². The van der Waals surface area contributed by atoms with Gasteiger partial charge in [0.1, 0.15) is 6.04 Å². The van der Waals surface area contributed by atoms with Crippen LogP contribution in [0, 0.1) is 0 Å². The average molecular weight is 322 g/mol. The first-order valence-electron chi connectivity index (χ1n) is 5.00. The lowest BCUT2D eigenvalue weighted by atomic mass is 10.3. The molecule has 0 unspecified atom stereocenters. The van der Waals surface area contributed by atoms with E-state index in [1.807, 2.05) is 0 Å². The van der Waals surface area contributed by atoms with Crippen LogP contribution in [0.4, 0.5) is 0 Å². The van der Waals surface area contributed by atoms with E-state index in [1.54, 1.807) is 23.1 Å². The number of thiophene rings is 1. The summed E-state index contributed by atoms with van der Waals surface area (Å²) in [6, 6.07) is 1.68. The van der Waals surface area contributed by atoms with E-state index >= 15 is 0 Å². The maximum atomic E-state index is 10.8. The van der Waals surface area contributed by atoms with Crippen molar-refractivity contribution in [2.75, 3.05) is 5.75 Å². The minimum Gasteiger partial charge on any atom is -0.480 e. The number of aliphatic carboxylic acids is 1. The van der Waals surface area contributed by atoms with Crippen molar-refractivity contribution in [3.63, 3.8) is 0 Å². The molecule has 1 aliphatic rings. The lowest BCUT2D eigenvalue weighted by Crippen LogP contribution is -2.33. The Balaban J connectivity index is 2.11. The molecule has 2 rings (SSSR count). The summed E-state index contributed by atoms with van der Waals surface area (Å²) < 4.78 is 1.14. The molecule has 0 aromatic carbocycles. The lowest BCUT2D eigenvalue weighted by molar-refractivity contribution is -0.138. The van der Waals surface area contributed by atoms with Crippen LogP contribution in [0.2, 0.25) is 0 Å². The molecular weight excluding hydrogens is 310 g/mol. The molecule has 0 aliphatic carbocycles. The van der Waals surface area contributed by atoms with Gasteiger partial charge in [-0.15, -0.1) is 23.1 Å². The van der Waals surface area contributed by atoms with Crippen LogP contribution in [0.3, 0.4) is 0 Å². The summed E-state index contributed by atoms with van der Waals surface area (Å²) in [5.74, 6) is -0.127. The van der Waals surface area contributed by atoms with E-state index in [0.29, 0.717) is 5.75 Å². The van der Waals surface area contributed by atoms with Gasteiger partial charge < -0.3 is 5.11 Å². The molecule has 1 aromatic heterocycles. The van der Waals surface area contributed by atoms with Crippen LogP contribution in [0.15, 0.2) is 10.5 Å². The van der Waals surface area contributed by atoms with Crippen molar-refractivity contribution in [2.24, 2.45) is 0 Å². The number of carboxylic acid groups (broad SMARTS) is 1. The fraction of sp³-hybridized carbons (Fsp3) is 0.500. The van der Waals surface area contributed by atoms with Gasteiger partial charge in [0, 0.05) is 20.0 Å². The summed E-state index contributed by atoms with van der Waals surface area (Å²) in [4.78, 5) is 13.3. The smallest absolute Gasteiger partial charge is 0.321 e. The van der Waals surface area contributed by atoms with Gasteiger partial charge in [-0.3, -0.25) is 10.1 Å². The highest BCUT2D eigenvalue weighted by Crippen LogP contribution is 2.39. The van der Waals surface area contributed by atoms with Gasteiger partial charge >= 0.3 is 5.97 Å². The van der Waals surface area contributed by atoms with E-state index in [4.69, 9.17) is 5.11 Å². The van der Waals surface area contributed by atoms with Crippen LogP contribution in [0.25, 0.3) is 0 Å². The van der Waals surface area contributed by atoms with Crippen LogP contribution in [-0.4, -0.2) is 22.9 Å². The van der Waals surface area contributed by atoms with Gasteiger partial charge in [-0.25, -0.2) is 0 Å². The predicted octanol–water partition coefficient (Wildman–Crippen LogP) is 2.86. The van der Waals surface area contributed by atoms with Crippen LogP contribution >= 0.6 is 39.0 Å². The van der Waals surface area contributed by atoms with Crippen molar-refractivity contribution in [3.8, 4) is 0 Å². The molecule has 1 fully saturated rings. The zero-order valence-electron chi connectivity index (χ0n) is 8.70. The Bertz CT molecular complexity index is 408. The van der Waals surface area contributed by atoms with Gasteiger partial charge in [-0.1, -0.05) is 6.92 Å². The Morgan fingerprint density at radius 2 is 2.50 bits per heavy atom. The highest BCUT2D eigenvalue weighted by molar-refractivity contribution is 9.10. The molecule has 0 spiro atoms. The summed E-state index contributed by atoms with van der Waals surface area (Å²) in [6.07, 6.45) is 1.00. The molecule has 0 bridgehead atoms. The number of halogens is 1. The number of hydrogen-bond donors (Lipinski definition) is 2. The van der Waals surface area contributed by atoms with Crippen molar-refractivity contribution < 1.29 is 9.90 Å². The lowest BCUT2D eigenvalue weighted by Gasteiger charge is -2.07.